The third kappa shape index (κ3) is 2.42. The number of hydrogen-bond acceptors (Lipinski definition) is 4. The Morgan fingerprint density at radius 2 is 2.11 bits per heavy atom. The smallest absolute Gasteiger partial charge is 0.255 e. The molecule has 0 spiro atoms. The predicted octanol–water partition coefficient (Wildman–Crippen LogP) is 0.0643. The number of benzene rings is 1. The van der Waals surface area contributed by atoms with E-state index in [9.17, 15) is 14.4 Å². The van der Waals surface area contributed by atoms with E-state index in [-0.39, 0.29) is 12.5 Å². The second kappa shape index (κ2) is 4.72. The summed E-state index contributed by atoms with van der Waals surface area (Å²) >= 11 is 0. The normalized spacial score (nSPS) is 19.3. The Labute approximate surface area is 110 Å². The summed E-state index contributed by atoms with van der Waals surface area (Å²) in [7, 11) is 0. The van der Waals surface area contributed by atoms with Crippen LogP contribution in [0.3, 0.4) is 0 Å². The number of nitrogens with zero attached hydrogens (tertiary/aromatic N) is 1. The molecule has 0 radical (unpaired) electrons. The molecular formula is C13H15N3O3. The lowest BCUT2D eigenvalue weighted by Crippen LogP contribution is -2.58. The van der Waals surface area contributed by atoms with E-state index >= 15 is 0 Å². The lowest BCUT2D eigenvalue weighted by atomic mass is 10.1. The Bertz CT molecular complexity index is 568. The summed E-state index contributed by atoms with van der Waals surface area (Å²) in [4.78, 5) is 36.4. The molecule has 1 aliphatic rings. The molecular weight excluding hydrogens is 246 g/mol. The first-order valence-electron chi connectivity index (χ1n) is 5.91. The first-order valence-corrected chi connectivity index (χ1v) is 5.91. The third-order valence-corrected chi connectivity index (χ3v) is 3.20. The Morgan fingerprint density at radius 3 is 2.74 bits per heavy atom. The summed E-state index contributed by atoms with van der Waals surface area (Å²) in [6, 6.07) is 4.22. The number of rotatable bonds is 1. The largest absolute Gasteiger partial charge is 0.399 e. The first-order chi connectivity index (χ1) is 8.90. The Morgan fingerprint density at radius 1 is 1.42 bits per heavy atom. The number of imide groups is 1. The molecule has 2 rings (SSSR count). The number of anilines is 1. The fraction of sp³-hybridized carbons (Fsp3) is 0.308. The Kier molecular flexibility index (Phi) is 3.25. The summed E-state index contributed by atoms with van der Waals surface area (Å²) in [5, 5.41) is 2.19. The van der Waals surface area contributed by atoms with Crippen molar-refractivity contribution in [3.63, 3.8) is 0 Å². The van der Waals surface area contributed by atoms with Crippen molar-refractivity contribution in [3.05, 3.63) is 29.3 Å². The van der Waals surface area contributed by atoms with Crippen molar-refractivity contribution in [3.8, 4) is 0 Å². The number of carbonyl (C=O) groups excluding carboxylic acids is 3. The number of nitrogens with one attached hydrogen (secondary N) is 1. The number of carbonyl (C=O) groups is 3. The van der Waals surface area contributed by atoms with Crippen LogP contribution >= 0.6 is 0 Å². The number of nitrogens with two attached hydrogens (primary N) is 1. The zero-order chi connectivity index (χ0) is 14.2. The minimum atomic E-state index is -0.664. The van der Waals surface area contributed by atoms with Gasteiger partial charge < -0.3 is 10.6 Å². The molecule has 1 aromatic rings. The quantitative estimate of drug-likeness (QED) is 0.552. The number of hydrogen-bond donors (Lipinski definition) is 2. The second-order valence-electron chi connectivity index (χ2n) is 4.59. The molecule has 1 aromatic carbocycles. The van der Waals surface area contributed by atoms with Gasteiger partial charge in [-0.2, -0.15) is 0 Å². The molecule has 3 amide bonds. The summed E-state index contributed by atoms with van der Waals surface area (Å²) in [5.41, 5.74) is 7.49. The van der Waals surface area contributed by atoms with Crippen LogP contribution in [-0.4, -0.2) is 35.2 Å². The van der Waals surface area contributed by atoms with Gasteiger partial charge in [0.05, 0.1) is 0 Å². The van der Waals surface area contributed by atoms with E-state index in [2.05, 4.69) is 5.32 Å². The molecule has 6 heteroatoms. The maximum atomic E-state index is 12.3. The fourth-order valence-electron chi connectivity index (χ4n) is 1.94. The second-order valence-corrected chi connectivity index (χ2v) is 4.59. The van der Waals surface area contributed by atoms with Crippen LogP contribution in [-0.2, 0) is 9.59 Å². The number of nitrogen functional groups attached to an aromatic ring is 1. The molecule has 0 aromatic heterocycles. The van der Waals surface area contributed by atoms with Crippen molar-refractivity contribution >= 4 is 23.4 Å². The zero-order valence-corrected chi connectivity index (χ0v) is 10.8. The summed E-state index contributed by atoms with van der Waals surface area (Å²) in [5.74, 6) is -1.28. The Balaban J connectivity index is 2.29. The average molecular weight is 261 g/mol. The maximum Gasteiger partial charge on any atom is 0.255 e. The third-order valence-electron chi connectivity index (χ3n) is 3.20. The van der Waals surface area contributed by atoms with Gasteiger partial charge in [0, 0.05) is 11.3 Å². The zero-order valence-electron chi connectivity index (χ0n) is 10.8. The van der Waals surface area contributed by atoms with Crippen LogP contribution in [0.4, 0.5) is 5.69 Å². The first kappa shape index (κ1) is 13.1. The van der Waals surface area contributed by atoms with Crippen LogP contribution in [0.1, 0.15) is 22.8 Å². The van der Waals surface area contributed by atoms with Gasteiger partial charge in [0.1, 0.15) is 12.6 Å². The van der Waals surface area contributed by atoms with E-state index in [1.165, 1.54) is 4.90 Å². The Hall–Kier alpha value is -2.37. The fourth-order valence-corrected chi connectivity index (χ4v) is 1.94. The van der Waals surface area contributed by atoms with Crippen LogP contribution in [0.5, 0.6) is 0 Å². The lowest BCUT2D eigenvalue weighted by molar-refractivity contribution is -0.138. The molecule has 0 saturated carbocycles. The maximum absolute atomic E-state index is 12.3. The van der Waals surface area contributed by atoms with E-state index < -0.39 is 17.9 Å². The molecule has 1 aliphatic heterocycles. The van der Waals surface area contributed by atoms with Gasteiger partial charge in [-0.15, -0.1) is 0 Å². The van der Waals surface area contributed by atoms with E-state index in [1.54, 1.807) is 32.0 Å². The van der Waals surface area contributed by atoms with E-state index in [1.807, 2.05) is 0 Å². The highest BCUT2D eigenvalue weighted by molar-refractivity contribution is 6.07. The lowest BCUT2D eigenvalue weighted by Gasteiger charge is -2.31. The highest BCUT2D eigenvalue weighted by atomic mass is 16.2. The topological polar surface area (TPSA) is 92.5 Å². The van der Waals surface area contributed by atoms with Gasteiger partial charge in [0.25, 0.3) is 5.91 Å². The highest BCUT2D eigenvalue weighted by Crippen LogP contribution is 2.16. The summed E-state index contributed by atoms with van der Waals surface area (Å²) in [6.07, 6.45) is 0. The van der Waals surface area contributed by atoms with Crippen LogP contribution in [0.25, 0.3) is 0 Å². The minimum absolute atomic E-state index is 0.116. The molecule has 1 heterocycles. The molecule has 3 N–H and O–H groups in total. The standard InChI is InChI=1S/C13H15N3O3/c1-7-5-9(3-4-10(7)14)13(19)16-6-11(17)15-12(18)8(16)2/h3-5,8H,6,14H2,1-2H3,(H,15,17,18). The molecule has 0 aliphatic carbocycles. The van der Waals surface area contributed by atoms with Crippen LogP contribution in [0.2, 0.25) is 0 Å². The molecule has 0 bridgehead atoms. The average Bonchev–Trinajstić information content (AvgIpc) is 2.36. The van der Waals surface area contributed by atoms with Gasteiger partial charge in [-0.1, -0.05) is 0 Å². The van der Waals surface area contributed by atoms with E-state index in [0.717, 1.165) is 5.56 Å². The SMILES string of the molecule is Cc1cc(C(=O)N2CC(=O)NC(=O)C2C)ccc1N. The van der Waals surface area contributed by atoms with Gasteiger partial charge in [-0.3, -0.25) is 19.7 Å². The molecule has 19 heavy (non-hydrogen) atoms. The van der Waals surface area contributed by atoms with Crippen molar-refractivity contribution in [2.75, 3.05) is 12.3 Å². The molecule has 1 unspecified atom stereocenters. The highest BCUT2D eigenvalue weighted by Gasteiger charge is 2.33. The van der Waals surface area contributed by atoms with Crippen LogP contribution < -0.4 is 11.1 Å². The summed E-state index contributed by atoms with van der Waals surface area (Å²) in [6.45, 7) is 3.27. The minimum Gasteiger partial charge on any atom is -0.399 e. The molecule has 100 valence electrons. The van der Waals surface area contributed by atoms with Gasteiger partial charge in [0.2, 0.25) is 11.8 Å². The van der Waals surface area contributed by atoms with E-state index in [4.69, 9.17) is 5.73 Å². The van der Waals surface area contributed by atoms with Crippen molar-refractivity contribution in [2.45, 2.75) is 19.9 Å². The summed E-state index contributed by atoms with van der Waals surface area (Å²) < 4.78 is 0. The van der Waals surface area contributed by atoms with Crippen molar-refractivity contribution in [1.82, 2.24) is 10.2 Å². The van der Waals surface area contributed by atoms with Gasteiger partial charge in [0.15, 0.2) is 0 Å². The number of amides is 3. The van der Waals surface area contributed by atoms with Gasteiger partial charge >= 0.3 is 0 Å². The molecule has 1 fully saturated rings. The van der Waals surface area contributed by atoms with E-state index in [0.29, 0.717) is 11.3 Å². The van der Waals surface area contributed by atoms with Gasteiger partial charge in [-0.05, 0) is 37.6 Å². The molecule has 1 saturated heterocycles. The van der Waals surface area contributed by atoms with Crippen LogP contribution in [0, 0.1) is 6.92 Å². The predicted molar refractivity (Wildman–Crippen MR) is 69.2 cm³/mol. The van der Waals surface area contributed by atoms with Crippen molar-refractivity contribution in [2.24, 2.45) is 0 Å². The number of piperazine rings is 1. The van der Waals surface area contributed by atoms with Crippen molar-refractivity contribution in [1.29, 1.82) is 0 Å². The van der Waals surface area contributed by atoms with Crippen LogP contribution in [0.15, 0.2) is 18.2 Å². The molecule has 1 atom stereocenters. The molecule has 6 nitrogen and oxygen atoms in total. The number of aryl methyl sites for hydroxylation is 1. The van der Waals surface area contributed by atoms with Crippen molar-refractivity contribution < 1.29 is 14.4 Å². The van der Waals surface area contributed by atoms with Gasteiger partial charge in [-0.25, -0.2) is 0 Å². The monoisotopic (exact) mass is 261 g/mol.